The highest BCUT2D eigenvalue weighted by atomic mass is 32.2. The SMILES string of the molecule is CCOC(=O)[C@@H](C)N1C(=O)S/C(=C/c2ccc(OCC(=O)O)cc2)C1=O. The summed E-state index contributed by atoms with van der Waals surface area (Å²) in [6, 6.07) is 5.36. The molecule has 138 valence electrons. The van der Waals surface area contributed by atoms with Gasteiger partial charge in [0.25, 0.3) is 11.1 Å². The molecule has 2 rings (SSSR count). The molecule has 1 saturated heterocycles. The number of esters is 1. The molecule has 0 bridgehead atoms. The van der Waals surface area contributed by atoms with Crippen molar-refractivity contribution < 1.29 is 33.8 Å². The van der Waals surface area contributed by atoms with Crippen LogP contribution in [0.5, 0.6) is 5.75 Å². The summed E-state index contributed by atoms with van der Waals surface area (Å²) in [5.74, 6) is -1.92. The molecule has 1 aromatic rings. The lowest BCUT2D eigenvalue weighted by molar-refractivity contribution is -0.150. The van der Waals surface area contributed by atoms with Crippen molar-refractivity contribution in [3.8, 4) is 5.75 Å². The first-order chi connectivity index (χ1) is 12.3. The number of carboxylic acid groups (broad SMARTS) is 1. The summed E-state index contributed by atoms with van der Waals surface area (Å²) in [6.45, 7) is 2.78. The van der Waals surface area contributed by atoms with Gasteiger partial charge in [0, 0.05) is 0 Å². The zero-order chi connectivity index (χ0) is 19.3. The van der Waals surface area contributed by atoms with Gasteiger partial charge in [-0.2, -0.15) is 0 Å². The summed E-state index contributed by atoms with van der Waals surface area (Å²) in [4.78, 5) is 47.8. The maximum Gasteiger partial charge on any atom is 0.341 e. The molecule has 1 atom stereocenters. The minimum Gasteiger partial charge on any atom is -0.482 e. The van der Waals surface area contributed by atoms with Gasteiger partial charge in [0.05, 0.1) is 11.5 Å². The number of aliphatic carboxylic acids is 1. The summed E-state index contributed by atoms with van der Waals surface area (Å²) in [5, 5.41) is 8.03. The summed E-state index contributed by atoms with van der Waals surface area (Å²) in [7, 11) is 0. The van der Waals surface area contributed by atoms with Crippen LogP contribution in [-0.2, 0) is 19.1 Å². The maximum atomic E-state index is 12.4. The minimum absolute atomic E-state index is 0.158. The zero-order valence-corrected chi connectivity index (χ0v) is 14.9. The maximum absolute atomic E-state index is 12.4. The molecule has 8 nitrogen and oxygen atoms in total. The molecule has 0 aromatic heterocycles. The highest BCUT2D eigenvalue weighted by molar-refractivity contribution is 8.18. The Hall–Kier alpha value is -2.81. The predicted octanol–water partition coefficient (Wildman–Crippen LogP) is 2.14. The van der Waals surface area contributed by atoms with E-state index in [1.54, 1.807) is 31.2 Å². The van der Waals surface area contributed by atoms with Gasteiger partial charge in [-0.1, -0.05) is 12.1 Å². The number of carbonyl (C=O) groups excluding carboxylic acids is 3. The lowest BCUT2D eigenvalue weighted by atomic mass is 10.2. The molecular weight excluding hydrogens is 362 g/mol. The molecule has 0 unspecified atom stereocenters. The second kappa shape index (κ2) is 8.52. The van der Waals surface area contributed by atoms with Gasteiger partial charge >= 0.3 is 11.9 Å². The quantitative estimate of drug-likeness (QED) is 0.567. The van der Waals surface area contributed by atoms with Gasteiger partial charge < -0.3 is 14.6 Å². The standard InChI is InChI=1S/C17H17NO7S/c1-3-24-16(22)10(2)18-15(21)13(26-17(18)23)8-11-4-6-12(7-5-11)25-9-14(19)20/h4-8,10H,3,9H2,1-2H3,(H,19,20)/b13-8+/t10-/m1/s1. The molecular formula is C17H17NO7S. The lowest BCUT2D eigenvalue weighted by Crippen LogP contribution is -2.42. The molecule has 1 aromatic carbocycles. The van der Waals surface area contributed by atoms with E-state index < -0.39 is 35.7 Å². The van der Waals surface area contributed by atoms with Crippen molar-refractivity contribution in [1.29, 1.82) is 0 Å². The molecule has 0 radical (unpaired) electrons. The van der Waals surface area contributed by atoms with E-state index in [1.807, 2.05) is 0 Å². The minimum atomic E-state index is -1.08. The van der Waals surface area contributed by atoms with E-state index in [0.717, 1.165) is 16.7 Å². The van der Waals surface area contributed by atoms with Crippen LogP contribution in [0.25, 0.3) is 6.08 Å². The van der Waals surface area contributed by atoms with Crippen molar-refractivity contribution in [2.45, 2.75) is 19.9 Å². The van der Waals surface area contributed by atoms with Crippen molar-refractivity contribution in [3.63, 3.8) is 0 Å². The fourth-order valence-corrected chi connectivity index (χ4v) is 3.05. The van der Waals surface area contributed by atoms with E-state index in [1.165, 1.54) is 13.0 Å². The fourth-order valence-electron chi connectivity index (χ4n) is 2.14. The summed E-state index contributed by atoms with van der Waals surface area (Å²) < 4.78 is 9.87. The molecule has 1 fully saturated rings. The fraction of sp³-hybridized carbons (Fsp3) is 0.294. The largest absolute Gasteiger partial charge is 0.482 e. The Labute approximate surface area is 153 Å². The first-order valence-corrected chi connectivity index (χ1v) is 8.53. The van der Waals surface area contributed by atoms with Gasteiger partial charge in [-0.15, -0.1) is 0 Å². The number of rotatable bonds is 7. The number of amides is 2. The van der Waals surface area contributed by atoms with E-state index in [9.17, 15) is 19.2 Å². The summed E-state index contributed by atoms with van der Waals surface area (Å²) in [6.07, 6.45) is 1.52. The van der Waals surface area contributed by atoms with Crippen LogP contribution in [0.1, 0.15) is 19.4 Å². The molecule has 26 heavy (non-hydrogen) atoms. The monoisotopic (exact) mass is 379 g/mol. The number of nitrogens with zero attached hydrogens (tertiary/aromatic N) is 1. The number of benzene rings is 1. The Morgan fingerprint density at radius 3 is 2.50 bits per heavy atom. The molecule has 0 saturated carbocycles. The van der Waals surface area contributed by atoms with Crippen molar-refractivity contribution >= 4 is 40.9 Å². The van der Waals surface area contributed by atoms with Gasteiger partial charge in [0.15, 0.2) is 6.61 Å². The van der Waals surface area contributed by atoms with Crippen LogP contribution >= 0.6 is 11.8 Å². The van der Waals surface area contributed by atoms with Gasteiger partial charge in [-0.05, 0) is 49.4 Å². The number of hydrogen-bond acceptors (Lipinski definition) is 7. The number of carboxylic acids is 1. The number of imide groups is 1. The van der Waals surface area contributed by atoms with Crippen molar-refractivity contribution in [3.05, 3.63) is 34.7 Å². The first-order valence-electron chi connectivity index (χ1n) is 7.71. The summed E-state index contributed by atoms with van der Waals surface area (Å²) in [5.41, 5.74) is 0.627. The molecule has 9 heteroatoms. The Kier molecular flexibility index (Phi) is 6.40. The van der Waals surface area contributed by atoms with Crippen LogP contribution in [0.15, 0.2) is 29.2 Å². The smallest absolute Gasteiger partial charge is 0.341 e. The van der Waals surface area contributed by atoms with Crippen LogP contribution in [0.4, 0.5) is 4.79 Å². The molecule has 1 aliphatic rings. The molecule has 0 spiro atoms. The van der Waals surface area contributed by atoms with Crippen LogP contribution in [0.3, 0.4) is 0 Å². The van der Waals surface area contributed by atoms with E-state index in [-0.39, 0.29) is 11.5 Å². The van der Waals surface area contributed by atoms with Crippen LogP contribution in [0.2, 0.25) is 0 Å². The Morgan fingerprint density at radius 1 is 1.27 bits per heavy atom. The average molecular weight is 379 g/mol. The highest BCUT2D eigenvalue weighted by Crippen LogP contribution is 2.34. The highest BCUT2D eigenvalue weighted by Gasteiger charge is 2.41. The molecule has 2 amide bonds. The van der Waals surface area contributed by atoms with Crippen LogP contribution in [-0.4, -0.2) is 52.3 Å². The summed E-state index contributed by atoms with van der Waals surface area (Å²) >= 11 is 0.741. The first kappa shape index (κ1) is 19.5. The third-order valence-electron chi connectivity index (χ3n) is 3.38. The molecule has 1 aliphatic heterocycles. The molecule has 1 heterocycles. The molecule has 0 aliphatic carbocycles. The van der Waals surface area contributed by atoms with E-state index in [2.05, 4.69) is 0 Å². The number of ether oxygens (including phenoxy) is 2. The van der Waals surface area contributed by atoms with Crippen LogP contribution in [0, 0.1) is 0 Å². The van der Waals surface area contributed by atoms with Crippen molar-refractivity contribution in [2.75, 3.05) is 13.2 Å². The normalized spacial score (nSPS) is 16.7. The third-order valence-corrected chi connectivity index (χ3v) is 4.26. The van der Waals surface area contributed by atoms with Gasteiger partial charge in [0.2, 0.25) is 0 Å². The van der Waals surface area contributed by atoms with E-state index in [0.29, 0.717) is 11.3 Å². The van der Waals surface area contributed by atoms with Crippen molar-refractivity contribution in [1.82, 2.24) is 4.90 Å². The number of thioether (sulfide) groups is 1. The number of carbonyl (C=O) groups is 4. The average Bonchev–Trinajstić information content (AvgIpc) is 2.87. The topological polar surface area (TPSA) is 110 Å². The second-order valence-electron chi connectivity index (χ2n) is 5.23. The van der Waals surface area contributed by atoms with Gasteiger partial charge in [-0.3, -0.25) is 14.5 Å². The van der Waals surface area contributed by atoms with Crippen LogP contribution < -0.4 is 4.74 Å². The van der Waals surface area contributed by atoms with Crippen molar-refractivity contribution in [2.24, 2.45) is 0 Å². The predicted molar refractivity (Wildman–Crippen MR) is 93.5 cm³/mol. The zero-order valence-electron chi connectivity index (χ0n) is 14.1. The Bertz CT molecular complexity index is 757. The van der Waals surface area contributed by atoms with Gasteiger partial charge in [-0.25, -0.2) is 9.59 Å². The number of hydrogen-bond donors (Lipinski definition) is 1. The van der Waals surface area contributed by atoms with Gasteiger partial charge in [0.1, 0.15) is 11.8 Å². The Balaban J connectivity index is 2.11. The Morgan fingerprint density at radius 2 is 1.92 bits per heavy atom. The van der Waals surface area contributed by atoms with E-state index >= 15 is 0 Å². The van der Waals surface area contributed by atoms with E-state index in [4.69, 9.17) is 14.6 Å². The second-order valence-corrected chi connectivity index (χ2v) is 6.22. The third kappa shape index (κ3) is 4.63. The lowest BCUT2D eigenvalue weighted by Gasteiger charge is -2.19. The molecule has 1 N–H and O–H groups in total.